The minimum atomic E-state index is -0.0881. The first-order chi connectivity index (χ1) is 11.3. The lowest BCUT2D eigenvalue weighted by Gasteiger charge is -2.10. The summed E-state index contributed by atoms with van der Waals surface area (Å²) in [6.45, 7) is 2.47. The average Bonchev–Trinajstić information content (AvgIpc) is 2.98. The van der Waals surface area contributed by atoms with Crippen molar-refractivity contribution in [1.29, 1.82) is 0 Å². The second-order valence-electron chi connectivity index (χ2n) is 4.80. The number of rotatable bonds is 6. The average molecular weight is 327 g/mol. The summed E-state index contributed by atoms with van der Waals surface area (Å²) < 4.78 is 7.47. The molecule has 6 heteroatoms. The number of nitrogens with zero attached hydrogens (tertiary/aromatic N) is 2. The highest BCUT2D eigenvalue weighted by molar-refractivity contribution is 7.99. The fourth-order valence-corrected chi connectivity index (χ4v) is 2.96. The quantitative estimate of drug-likeness (QED) is 0.705. The fraction of sp³-hybridized carbons (Fsp3) is 0.176. The SMILES string of the molecule is CCOc1ccccc1NC(=O)CSc1ncc2ccccn12. The lowest BCUT2D eigenvalue weighted by molar-refractivity contribution is -0.113. The van der Waals surface area contributed by atoms with Crippen LogP contribution in [0.3, 0.4) is 0 Å². The molecule has 0 saturated carbocycles. The van der Waals surface area contributed by atoms with E-state index >= 15 is 0 Å². The summed E-state index contributed by atoms with van der Waals surface area (Å²) in [5.74, 6) is 0.878. The van der Waals surface area contributed by atoms with E-state index in [0.29, 0.717) is 18.0 Å². The van der Waals surface area contributed by atoms with Crippen LogP contribution in [0.4, 0.5) is 5.69 Å². The van der Waals surface area contributed by atoms with Crippen LogP contribution in [0.25, 0.3) is 5.52 Å². The van der Waals surface area contributed by atoms with Gasteiger partial charge < -0.3 is 10.1 Å². The molecular formula is C17H17N3O2S. The molecule has 2 aromatic heterocycles. The van der Waals surface area contributed by atoms with E-state index in [1.165, 1.54) is 11.8 Å². The van der Waals surface area contributed by atoms with Gasteiger partial charge in [-0.2, -0.15) is 0 Å². The molecule has 3 aromatic rings. The van der Waals surface area contributed by atoms with Crippen LogP contribution in [-0.2, 0) is 4.79 Å². The van der Waals surface area contributed by atoms with Gasteiger partial charge in [-0.1, -0.05) is 30.0 Å². The fourth-order valence-electron chi connectivity index (χ4n) is 2.19. The molecule has 3 rings (SSSR count). The molecule has 2 heterocycles. The van der Waals surface area contributed by atoms with E-state index in [1.54, 1.807) is 6.20 Å². The Morgan fingerprint density at radius 3 is 2.96 bits per heavy atom. The molecule has 0 atom stereocenters. The van der Waals surface area contributed by atoms with Crippen molar-refractivity contribution in [3.8, 4) is 5.75 Å². The van der Waals surface area contributed by atoms with Crippen molar-refractivity contribution in [2.24, 2.45) is 0 Å². The van der Waals surface area contributed by atoms with Crippen molar-refractivity contribution in [2.45, 2.75) is 12.1 Å². The van der Waals surface area contributed by atoms with Gasteiger partial charge >= 0.3 is 0 Å². The second-order valence-corrected chi connectivity index (χ2v) is 5.74. The lowest BCUT2D eigenvalue weighted by Crippen LogP contribution is -2.15. The molecule has 0 fully saturated rings. The van der Waals surface area contributed by atoms with E-state index in [1.807, 2.05) is 60.0 Å². The number of amides is 1. The monoisotopic (exact) mass is 327 g/mol. The molecule has 0 aliphatic rings. The van der Waals surface area contributed by atoms with Gasteiger partial charge in [0.2, 0.25) is 5.91 Å². The van der Waals surface area contributed by atoms with Crippen LogP contribution in [0.15, 0.2) is 60.0 Å². The minimum Gasteiger partial charge on any atom is -0.492 e. The van der Waals surface area contributed by atoms with Crippen molar-refractivity contribution >= 4 is 28.9 Å². The first-order valence-electron chi connectivity index (χ1n) is 7.34. The van der Waals surface area contributed by atoms with Gasteiger partial charge in [-0.15, -0.1) is 0 Å². The summed E-state index contributed by atoms with van der Waals surface area (Å²) >= 11 is 1.40. The summed E-state index contributed by atoms with van der Waals surface area (Å²) in [6.07, 6.45) is 3.73. The van der Waals surface area contributed by atoms with Gasteiger partial charge in [-0.3, -0.25) is 9.20 Å². The zero-order valence-corrected chi connectivity index (χ0v) is 13.5. The molecule has 1 aromatic carbocycles. The van der Waals surface area contributed by atoms with E-state index in [-0.39, 0.29) is 11.7 Å². The number of nitrogens with one attached hydrogen (secondary N) is 1. The summed E-state index contributed by atoms with van der Waals surface area (Å²) in [6, 6.07) is 13.3. The Balaban J connectivity index is 1.64. The number of aromatic nitrogens is 2. The Morgan fingerprint density at radius 2 is 2.09 bits per heavy atom. The van der Waals surface area contributed by atoms with Gasteiger partial charge in [0.1, 0.15) is 5.75 Å². The van der Waals surface area contributed by atoms with Crippen molar-refractivity contribution < 1.29 is 9.53 Å². The van der Waals surface area contributed by atoms with E-state index in [2.05, 4.69) is 10.3 Å². The number of para-hydroxylation sites is 2. The normalized spacial score (nSPS) is 10.7. The van der Waals surface area contributed by atoms with Gasteiger partial charge in [0.25, 0.3) is 0 Å². The van der Waals surface area contributed by atoms with Gasteiger partial charge in [0.15, 0.2) is 5.16 Å². The largest absolute Gasteiger partial charge is 0.492 e. The first-order valence-corrected chi connectivity index (χ1v) is 8.33. The van der Waals surface area contributed by atoms with Crippen molar-refractivity contribution in [1.82, 2.24) is 9.38 Å². The third-order valence-corrected chi connectivity index (χ3v) is 4.16. The molecule has 1 amide bonds. The second kappa shape index (κ2) is 7.19. The topological polar surface area (TPSA) is 55.6 Å². The van der Waals surface area contributed by atoms with Crippen molar-refractivity contribution in [2.75, 3.05) is 17.7 Å². The van der Waals surface area contributed by atoms with Crippen LogP contribution in [0.1, 0.15) is 6.92 Å². The van der Waals surface area contributed by atoms with Crippen molar-refractivity contribution in [3.05, 3.63) is 54.9 Å². The van der Waals surface area contributed by atoms with Crippen LogP contribution in [0.2, 0.25) is 0 Å². The first kappa shape index (κ1) is 15.4. The number of fused-ring (bicyclic) bond motifs is 1. The molecule has 0 spiro atoms. The molecule has 0 aliphatic carbocycles. The highest BCUT2D eigenvalue weighted by atomic mass is 32.2. The van der Waals surface area contributed by atoms with Gasteiger partial charge in [-0.25, -0.2) is 4.98 Å². The number of carbonyl (C=O) groups excluding carboxylic acids is 1. The summed E-state index contributed by atoms with van der Waals surface area (Å²) in [4.78, 5) is 16.5. The molecule has 23 heavy (non-hydrogen) atoms. The molecule has 118 valence electrons. The smallest absolute Gasteiger partial charge is 0.234 e. The third-order valence-electron chi connectivity index (χ3n) is 3.20. The standard InChI is InChI=1S/C17H17N3O2S/c1-2-22-15-9-4-3-8-14(15)19-16(21)12-23-17-18-11-13-7-5-6-10-20(13)17/h3-11H,2,12H2,1H3,(H,19,21). The molecule has 1 N–H and O–H groups in total. The number of carbonyl (C=O) groups is 1. The van der Waals surface area contributed by atoms with Crippen LogP contribution in [0, 0.1) is 0 Å². The Labute approximate surface area is 138 Å². The Bertz CT molecular complexity index is 816. The lowest BCUT2D eigenvalue weighted by atomic mass is 10.3. The van der Waals surface area contributed by atoms with Crippen LogP contribution >= 0.6 is 11.8 Å². The van der Waals surface area contributed by atoms with E-state index in [9.17, 15) is 4.79 Å². The van der Waals surface area contributed by atoms with Gasteiger partial charge in [0.05, 0.1) is 29.8 Å². The number of thioether (sulfide) groups is 1. The zero-order chi connectivity index (χ0) is 16.1. The minimum absolute atomic E-state index is 0.0881. The predicted molar refractivity (Wildman–Crippen MR) is 92.2 cm³/mol. The van der Waals surface area contributed by atoms with Gasteiger partial charge in [-0.05, 0) is 31.2 Å². The third kappa shape index (κ3) is 3.65. The van der Waals surface area contributed by atoms with Crippen LogP contribution in [0.5, 0.6) is 5.75 Å². The molecule has 0 saturated heterocycles. The number of ether oxygens (including phenoxy) is 1. The molecule has 5 nitrogen and oxygen atoms in total. The Morgan fingerprint density at radius 1 is 1.26 bits per heavy atom. The highest BCUT2D eigenvalue weighted by Crippen LogP contribution is 2.24. The number of imidazole rings is 1. The summed E-state index contributed by atoms with van der Waals surface area (Å²) in [7, 11) is 0. The molecular weight excluding hydrogens is 310 g/mol. The zero-order valence-electron chi connectivity index (χ0n) is 12.7. The summed E-state index contributed by atoms with van der Waals surface area (Å²) in [5.41, 5.74) is 1.70. The van der Waals surface area contributed by atoms with E-state index < -0.39 is 0 Å². The summed E-state index contributed by atoms with van der Waals surface area (Å²) in [5, 5.41) is 3.68. The van der Waals surface area contributed by atoms with Crippen LogP contribution in [-0.4, -0.2) is 27.7 Å². The molecule has 0 radical (unpaired) electrons. The molecule has 0 unspecified atom stereocenters. The van der Waals surface area contributed by atoms with Crippen molar-refractivity contribution in [3.63, 3.8) is 0 Å². The maximum Gasteiger partial charge on any atom is 0.234 e. The molecule has 0 bridgehead atoms. The molecule has 0 aliphatic heterocycles. The van der Waals surface area contributed by atoms with Crippen LogP contribution < -0.4 is 10.1 Å². The number of hydrogen-bond donors (Lipinski definition) is 1. The number of benzene rings is 1. The number of pyridine rings is 1. The maximum atomic E-state index is 12.2. The van der Waals surface area contributed by atoms with Gasteiger partial charge in [0, 0.05) is 6.20 Å². The number of hydrogen-bond acceptors (Lipinski definition) is 4. The Hall–Kier alpha value is -2.47. The number of anilines is 1. The van der Waals surface area contributed by atoms with E-state index in [0.717, 1.165) is 10.7 Å². The van der Waals surface area contributed by atoms with E-state index in [4.69, 9.17) is 4.74 Å². The highest BCUT2D eigenvalue weighted by Gasteiger charge is 2.10. The maximum absolute atomic E-state index is 12.2. The predicted octanol–water partition coefficient (Wildman–Crippen LogP) is 3.46. The Kier molecular flexibility index (Phi) is 4.83.